The summed E-state index contributed by atoms with van der Waals surface area (Å²) in [4.78, 5) is 42.0. The molecule has 39 heavy (non-hydrogen) atoms. The number of nitrogens with two attached hydrogens (primary N) is 2. The summed E-state index contributed by atoms with van der Waals surface area (Å²) in [7, 11) is 0. The van der Waals surface area contributed by atoms with Gasteiger partial charge in [0.15, 0.2) is 5.69 Å². The molecule has 0 bridgehead atoms. The van der Waals surface area contributed by atoms with Crippen LogP contribution < -0.4 is 21.7 Å². The lowest BCUT2D eigenvalue weighted by Gasteiger charge is -2.34. The van der Waals surface area contributed by atoms with E-state index in [0.29, 0.717) is 11.3 Å². The largest absolute Gasteiger partial charge is 0.395 e. The molecule has 3 amide bonds. The fourth-order valence-corrected chi connectivity index (χ4v) is 5.96. The molecule has 1 unspecified atom stereocenters. The molecule has 0 aliphatic heterocycles. The third-order valence-corrected chi connectivity index (χ3v) is 8.10. The van der Waals surface area contributed by atoms with E-state index in [-0.39, 0.29) is 28.2 Å². The number of rotatable bonds is 7. The second kappa shape index (κ2) is 11.2. The van der Waals surface area contributed by atoms with Crippen LogP contribution in [0.25, 0.3) is 10.8 Å². The molecule has 0 radical (unpaired) electrons. The minimum Gasteiger partial charge on any atom is -0.395 e. The van der Waals surface area contributed by atoms with Gasteiger partial charge in [-0.25, -0.2) is 0 Å². The monoisotopic (exact) mass is 541 g/mol. The average molecular weight is 542 g/mol. The van der Waals surface area contributed by atoms with Gasteiger partial charge in [0.25, 0.3) is 11.8 Å². The van der Waals surface area contributed by atoms with Gasteiger partial charge in [-0.05, 0) is 48.3 Å². The van der Waals surface area contributed by atoms with E-state index in [4.69, 9.17) is 11.5 Å². The summed E-state index contributed by atoms with van der Waals surface area (Å²) in [5.74, 6) is -1.62. The summed E-state index contributed by atoms with van der Waals surface area (Å²) in [6.07, 6.45) is 5.07. The van der Waals surface area contributed by atoms with Gasteiger partial charge in [-0.1, -0.05) is 85.5 Å². The average Bonchev–Trinajstić information content (AvgIpc) is 3.34. The third kappa shape index (κ3) is 5.35. The maximum atomic E-state index is 14.4. The van der Waals surface area contributed by atoms with Crippen LogP contribution >= 0.6 is 11.5 Å². The molecular formula is C30H31N5O3S. The van der Waals surface area contributed by atoms with Crippen LogP contribution in [-0.4, -0.2) is 28.1 Å². The minimum atomic E-state index is -0.996. The van der Waals surface area contributed by atoms with Crippen molar-refractivity contribution in [2.24, 2.45) is 5.73 Å². The Labute approximate surface area is 231 Å². The number of aromatic nitrogens is 1. The smallest absolute Gasteiger partial charge is 0.273 e. The summed E-state index contributed by atoms with van der Waals surface area (Å²) in [6, 6.07) is 20.0. The highest BCUT2D eigenvalue weighted by molar-refractivity contribution is 7.09. The Bertz CT molecular complexity index is 1520. The number of carbonyl (C=O) groups excluding carboxylic acids is 3. The number of fused-ring (bicyclic) bond motifs is 1. The summed E-state index contributed by atoms with van der Waals surface area (Å²) in [5, 5.41) is 4.94. The molecule has 1 atom stereocenters. The number of aryl methyl sites for hydroxylation is 1. The van der Waals surface area contributed by atoms with E-state index >= 15 is 0 Å². The zero-order chi connectivity index (χ0) is 27.5. The SMILES string of the molecule is Cc1ccc(C(C(=O)NC2CCCCC2)N(C(=O)c2snc(C(N)=O)c2N)c2cccc3ccccc23)cc1. The molecular weight excluding hydrogens is 510 g/mol. The molecule has 1 heterocycles. The zero-order valence-electron chi connectivity index (χ0n) is 21.7. The van der Waals surface area contributed by atoms with Gasteiger partial charge < -0.3 is 16.8 Å². The third-order valence-electron chi connectivity index (χ3n) is 7.25. The molecule has 4 aromatic rings. The Morgan fingerprint density at radius 3 is 2.36 bits per heavy atom. The fourth-order valence-electron chi connectivity index (χ4n) is 5.22. The van der Waals surface area contributed by atoms with Crippen LogP contribution in [0.2, 0.25) is 0 Å². The van der Waals surface area contributed by atoms with Crippen LogP contribution in [0.5, 0.6) is 0 Å². The lowest BCUT2D eigenvalue weighted by Crippen LogP contribution is -2.47. The lowest BCUT2D eigenvalue weighted by atomic mass is 9.94. The number of nitrogen functional groups attached to an aromatic ring is 1. The van der Waals surface area contributed by atoms with Gasteiger partial charge in [-0.3, -0.25) is 19.3 Å². The van der Waals surface area contributed by atoms with Crippen LogP contribution in [0.3, 0.4) is 0 Å². The highest BCUT2D eigenvalue weighted by atomic mass is 32.1. The molecule has 1 aliphatic carbocycles. The Morgan fingerprint density at radius 1 is 0.974 bits per heavy atom. The molecule has 3 aromatic carbocycles. The Hall–Kier alpha value is -4.24. The maximum absolute atomic E-state index is 14.4. The van der Waals surface area contributed by atoms with E-state index in [2.05, 4.69) is 9.69 Å². The first-order chi connectivity index (χ1) is 18.8. The normalized spacial score (nSPS) is 14.6. The molecule has 1 fully saturated rings. The first-order valence-corrected chi connectivity index (χ1v) is 13.9. The van der Waals surface area contributed by atoms with Crippen molar-refractivity contribution in [3.8, 4) is 0 Å². The second-order valence-electron chi connectivity index (χ2n) is 9.97. The number of primary amides is 1. The quantitative estimate of drug-likeness (QED) is 0.299. The van der Waals surface area contributed by atoms with Crippen molar-refractivity contribution < 1.29 is 14.4 Å². The number of hydrogen-bond donors (Lipinski definition) is 3. The molecule has 1 saturated carbocycles. The van der Waals surface area contributed by atoms with E-state index in [1.165, 1.54) is 4.90 Å². The van der Waals surface area contributed by atoms with Gasteiger partial charge in [0.2, 0.25) is 5.91 Å². The van der Waals surface area contributed by atoms with Crippen molar-refractivity contribution in [2.75, 3.05) is 10.6 Å². The second-order valence-corrected chi connectivity index (χ2v) is 10.7. The van der Waals surface area contributed by atoms with Gasteiger partial charge in [-0.2, -0.15) is 4.37 Å². The van der Waals surface area contributed by atoms with E-state index in [1.54, 1.807) is 0 Å². The minimum absolute atomic E-state index is 0.0404. The van der Waals surface area contributed by atoms with Crippen molar-refractivity contribution in [1.29, 1.82) is 0 Å². The number of anilines is 2. The first kappa shape index (κ1) is 26.4. The lowest BCUT2D eigenvalue weighted by molar-refractivity contribution is -0.123. The predicted octanol–water partition coefficient (Wildman–Crippen LogP) is 5.12. The number of amides is 3. The van der Waals surface area contributed by atoms with Crippen molar-refractivity contribution in [1.82, 2.24) is 9.69 Å². The standard InChI is InChI=1S/C30H31N5O3S/c1-18-14-16-20(17-15-18)26(29(37)33-21-10-3-2-4-11-21)35(23-13-7-9-19-8-5-6-12-22(19)23)30(38)27-24(31)25(28(32)36)34-39-27/h5-9,12-17,21,26H,2-4,10-11,31H2,1H3,(H2,32,36)(H,33,37). The van der Waals surface area contributed by atoms with Gasteiger partial charge in [0.1, 0.15) is 10.9 Å². The number of benzene rings is 3. The molecule has 0 spiro atoms. The number of nitrogens with one attached hydrogen (secondary N) is 1. The van der Waals surface area contributed by atoms with Gasteiger partial charge in [0.05, 0.1) is 11.4 Å². The number of hydrogen-bond acceptors (Lipinski definition) is 6. The summed E-state index contributed by atoms with van der Waals surface area (Å²) in [5.41, 5.74) is 13.7. The molecule has 9 heteroatoms. The topological polar surface area (TPSA) is 131 Å². The summed E-state index contributed by atoms with van der Waals surface area (Å²) < 4.78 is 4.05. The summed E-state index contributed by atoms with van der Waals surface area (Å²) in [6.45, 7) is 1.97. The van der Waals surface area contributed by atoms with Crippen LogP contribution in [0, 0.1) is 6.92 Å². The van der Waals surface area contributed by atoms with E-state index in [1.807, 2.05) is 73.7 Å². The highest BCUT2D eigenvalue weighted by Crippen LogP contribution is 2.37. The zero-order valence-corrected chi connectivity index (χ0v) is 22.5. The van der Waals surface area contributed by atoms with Crippen LogP contribution in [0.1, 0.15) is 69.4 Å². The molecule has 1 aromatic heterocycles. The number of carbonyl (C=O) groups is 3. The van der Waals surface area contributed by atoms with Crippen molar-refractivity contribution in [2.45, 2.75) is 51.1 Å². The maximum Gasteiger partial charge on any atom is 0.273 e. The highest BCUT2D eigenvalue weighted by Gasteiger charge is 2.37. The number of nitrogens with zero attached hydrogens (tertiary/aromatic N) is 2. The Balaban J connectivity index is 1.70. The molecule has 200 valence electrons. The van der Waals surface area contributed by atoms with Crippen molar-refractivity contribution in [3.63, 3.8) is 0 Å². The fraction of sp³-hybridized carbons (Fsp3) is 0.267. The Kier molecular flexibility index (Phi) is 7.60. The molecule has 8 nitrogen and oxygen atoms in total. The van der Waals surface area contributed by atoms with Crippen LogP contribution in [-0.2, 0) is 4.79 Å². The molecule has 5 rings (SSSR count). The van der Waals surface area contributed by atoms with Crippen LogP contribution in [0.15, 0.2) is 66.7 Å². The van der Waals surface area contributed by atoms with Gasteiger partial charge in [-0.15, -0.1) is 0 Å². The molecule has 1 aliphatic rings. The Morgan fingerprint density at radius 2 is 1.67 bits per heavy atom. The molecule has 0 saturated heterocycles. The summed E-state index contributed by atoms with van der Waals surface area (Å²) >= 11 is 0.805. The van der Waals surface area contributed by atoms with E-state index in [0.717, 1.165) is 60.0 Å². The van der Waals surface area contributed by atoms with Gasteiger partial charge in [0, 0.05) is 11.4 Å². The van der Waals surface area contributed by atoms with Gasteiger partial charge >= 0.3 is 0 Å². The van der Waals surface area contributed by atoms with E-state index in [9.17, 15) is 14.4 Å². The van der Waals surface area contributed by atoms with Crippen molar-refractivity contribution >= 4 is 51.4 Å². The van der Waals surface area contributed by atoms with E-state index < -0.39 is 17.9 Å². The predicted molar refractivity (Wildman–Crippen MR) is 155 cm³/mol. The van der Waals surface area contributed by atoms with Crippen LogP contribution in [0.4, 0.5) is 11.4 Å². The molecule has 5 N–H and O–H groups in total. The van der Waals surface area contributed by atoms with Crippen molar-refractivity contribution in [3.05, 3.63) is 88.4 Å². The first-order valence-electron chi connectivity index (χ1n) is 13.1.